The number of allylic oxidation sites excluding steroid dienone is 8. The summed E-state index contributed by atoms with van der Waals surface area (Å²) in [4.78, 5) is 0. The van der Waals surface area contributed by atoms with E-state index in [-0.39, 0.29) is 0 Å². The molecule has 0 bridgehead atoms. The largest absolute Gasteiger partial charge is 0.387 e. The summed E-state index contributed by atoms with van der Waals surface area (Å²) in [5.41, 5.74) is 1.43. The van der Waals surface area contributed by atoms with Crippen LogP contribution in [0.25, 0.3) is 0 Å². The Morgan fingerprint density at radius 1 is 0.885 bits per heavy atom. The first-order valence-electron chi connectivity index (χ1n) is 9.60. The van der Waals surface area contributed by atoms with Crippen LogP contribution in [0.15, 0.2) is 47.0 Å². The average Bonchev–Trinajstić information content (AvgIpc) is 2.52. The highest BCUT2D eigenvalue weighted by Gasteiger charge is 2.31. The van der Waals surface area contributed by atoms with Gasteiger partial charge in [0, 0.05) is 0 Å². The van der Waals surface area contributed by atoms with Crippen molar-refractivity contribution in [2.75, 3.05) is 0 Å². The van der Waals surface area contributed by atoms with Gasteiger partial charge in [-0.15, -0.1) is 0 Å². The molecule has 150 valence electrons. The third kappa shape index (κ3) is 19.3. The summed E-state index contributed by atoms with van der Waals surface area (Å²) >= 11 is 0. The lowest BCUT2D eigenvalue weighted by atomic mass is 9.87. The molecule has 0 spiro atoms. The van der Waals surface area contributed by atoms with Gasteiger partial charge in [0.2, 0.25) is 0 Å². The molecule has 0 heterocycles. The minimum absolute atomic E-state index is 0.877. The Morgan fingerprint density at radius 2 is 1.31 bits per heavy atom. The van der Waals surface area contributed by atoms with E-state index in [2.05, 4.69) is 39.8 Å². The van der Waals surface area contributed by atoms with Gasteiger partial charge in [0.05, 0.1) is 11.2 Å². The van der Waals surface area contributed by atoms with E-state index in [0.29, 0.717) is 0 Å². The van der Waals surface area contributed by atoms with E-state index in [9.17, 15) is 0 Å². The predicted molar refractivity (Wildman–Crippen MR) is 120 cm³/mol. The molecule has 0 atom stereocenters. The zero-order chi connectivity index (χ0) is 21.4. The predicted octanol–water partition coefficient (Wildman–Crippen LogP) is 6.25. The molecular weight excluding hydrogens is 319 g/mol. The van der Waals surface area contributed by atoms with Crippen LogP contribution in [0.2, 0.25) is 0 Å². The summed E-state index contributed by atoms with van der Waals surface area (Å²) in [6.45, 7) is 18.8. The van der Waals surface area contributed by atoms with Crippen molar-refractivity contribution < 1.29 is 10.2 Å². The van der Waals surface area contributed by atoms with Crippen LogP contribution in [0, 0.1) is 0 Å². The topological polar surface area (TPSA) is 40.5 Å². The molecule has 26 heavy (non-hydrogen) atoms. The lowest BCUT2D eigenvalue weighted by Crippen LogP contribution is -2.44. The molecule has 0 aromatic rings. The Bertz CT molecular complexity index is 440. The van der Waals surface area contributed by atoms with E-state index in [1.165, 1.54) is 17.6 Å². The van der Waals surface area contributed by atoms with Crippen molar-refractivity contribution in [3.8, 4) is 0 Å². The Kier molecular flexibility index (Phi) is 18.4. The Hall–Kier alpha value is -1.06. The van der Waals surface area contributed by atoms with Gasteiger partial charge in [-0.1, -0.05) is 67.3 Å². The van der Waals surface area contributed by atoms with Crippen LogP contribution in [0.4, 0.5) is 0 Å². The molecule has 2 N–H and O–H groups in total. The molecule has 0 unspecified atom stereocenters. The fraction of sp³-hybridized carbons (Fsp3) is 0.652. The molecule has 0 aliphatic heterocycles. The van der Waals surface area contributed by atoms with Crippen molar-refractivity contribution >= 4 is 7.85 Å². The molecule has 0 aromatic carbocycles. The fourth-order valence-corrected chi connectivity index (χ4v) is 1.27. The minimum atomic E-state index is -1.01. The van der Waals surface area contributed by atoms with Gasteiger partial charge in [-0.25, -0.2) is 0 Å². The summed E-state index contributed by atoms with van der Waals surface area (Å²) in [6.07, 6.45) is 13.7. The number of rotatable bonds is 6. The van der Waals surface area contributed by atoms with E-state index in [1.807, 2.05) is 32.1 Å². The zero-order valence-corrected chi connectivity index (χ0v) is 19.0. The summed E-state index contributed by atoms with van der Waals surface area (Å²) < 4.78 is 0. The minimum Gasteiger partial charge on any atom is -0.387 e. The molecule has 0 fully saturated rings. The third-order valence-corrected chi connectivity index (χ3v) is 3.99. The maximum absolute atomic E-state index is 9.10. The van der Waals surface area contributed by atoms with Crippen molar-refractivity contribution in [3.05, 3.63) is 47.0 Å². The molecule has 0 saturated carbocycles. The number of hydrogen-bond acceptors (Lipinski definition) is 2. The smallest absolute Gasteiger partial charge is 0.114 e. The second kappa shape index (κ2) is 16.1. The van der Waals surface area contributed by atoms with Crippen LogP contribution in [-0.2, 0) is 0 Å². The van der Waals surface area contributed by atoms with Crippen LogP contribution in [0.3, 0.4) is 0 Å². The van der Waals surface area contributed by atoms with Crippen molar-refractivity contribution in [2.45, 2.75) is 99.7 Å². The van der Waals surface area contributed by atoms with Gasteiger partial charge in [0.15, 0.2) is 0 Å². The highest BCUT2D eigenvalue weighted by Crippen LogP contribution is 2.19. The molecule has 0 aliphatic carbocycles. The average molecular weight is 362 g/mol. The fourth-order valence-electron chi connectivity index (χ4n) is 1.27. The summed E-state index contributed by atoms with van der Waals surface area (Å²) in [7, 11) is 5.90. The summed E-state index contributed by atoms with van der Waals surface area (Å²) in [5, 5.41) is 18.2. The molecule has 0 amide bonds. The molecular formula is C23H43BO2. The van der Waals surface area contributed by atoms with Crippen LogP contribution in [0.5, 0.6) is 0 Å². The van der Waals surface area contributed by atoms with Gasteiger partial charge in [0.1, 0.15) is 7.85 Å². The second-order valence-electron chi connectivity index (χ2n) is 7.47. The van der Waals surface area contributed by atoms with Gasteiger partial charge in [-0.05, 0) is 68.2 Å². The quantitative estimate of drug-likeness (QED) is 0.333. The highest BCUT2D eigenvalue weighted by molar-refractivity contribution is 6.24. The van der Waals surface area contributed by atoms with E-state index in [0.717, 1.165) is 18.3 Å². The van der Waals surface area contributed by atoms with Gasteiger partial charge in [0.25, 0.3) is 0 Å². The van der Waals surface area contributed by atoms with Crippen molar-refractivity contribution in [1.29, 1.82) is 0 Å². The van der Waals surface area contributed by atoms with Gasteiger partial charge < -0.3 is 10.2 Å². The van der Waals surface area contributed by atoms with E-state index < -0.39 is 11.2 Å². The maximum Gasteiger partial charge on any atom is 0.114 e. The summed E-state index contributed by atoms with van der Waals surface area (Å²) in [5.74, 6) is 0. The molecule has 0 aliphatic rings. The first-order valence-corrected chi connectivity index (χ1v) is 9.60. The van der Waals surface area contributed by atoms with Crippen LogP contribution in [-0.4, -0.2) is 29.3 Å². The van der Waals surface area contributed by atoms with Gasteiger partial charge in [-0.3, -0.25) is 0 Å². The van der Waals surface area contributed by atoms with E-state index in [1.54, 1.807) is 27.7 Å². The second-order valence-corrected chi connectivity index (χ2v) is 7.47. The SMILES string of the molecule is C/C=C\C.CC(C)(O)C(C)(C)O.[B]C(=C/C=C(/C)CCC)/C(C)=C\CC. The third-order valence-electron chi connectivity index (χ3n) is 3.99. The Labute approximate surface area is 165 Å². The van der Waals surface area contributed by atoms with E-state index >= 15 is 0 Å². The Morgan fingerprint density at radius 3 is 1.58 bits per heavy atom. The van der Waals surface area contributed by atoms with Crippen molar-refractivity contribution in [2.24, 2.45) is 0 Å². The van der Waals surface area contributed by atoms with Crippen molar-refractivity contribution in [3.63, 3.8) is 0 Å². The highest BCUT2D eigenvalue weighted by atomic mass is 16.3. The standard InChI is InChI=1S/C13H21B.C6H14O2.C4H8/c1-5-7-11(3)9-10-13(14)12(4)8-6-2;1-5(2,7)6(3,4)8;1-3-4-2/h8-10H,5-7H2,1-4H3;7-8H,1-4H3;3-4H,1-2H3/b11-9-,12-8-,13-10+;;4-3-. The first kappa shape index (κ1) is 29.7. The van der Waals surface area contributed by atoms with Crippen molar-refractivity contribution in [1.82, 2.24) is 0 Å². The maximum atomic E-state index is 9.10. The van der Waals surface area contributed by atoms with Crippen LogP contribution >= 0.6 is 0 Å². The van der Waals surface area contributed by atoms with Gasteiger partial charge in [-0.2, -0.15) is 0 Å². The molecule has 3 heteroatoms. The lowest BCUT2D eigenvalue weighted by molar-refractivity contribution is -0.107. The number of hydrogen-bond donors (Lipinski definition) is 2. The zero-order valence-electron chi connectivity index (χ0n) is 19.0. The molecule has 2 nitrogen and oxygen atoms in total. The number of aliphatic hydroxyl groups is 2. The molecule has 0 rings (SSSR count). The van der Waals surface area contributed by atoms with Crippen LogP contribution in [0.1, 0.15) is 88.5 Å². The van der Waals surface area contributed by atoms with E-state index in [4.69, 9.17) is 18.1 Å². The summed E-state index contributed by atoms with van der Waals surface area (Å²) in [6, 6.07) is 0. The molecule has 0 saturated heterocycles. The normalized spacial score (nSPS) is 13.8. The molecule has 2 radical (unpaired) electrons. The lowest BCUT2D eigenvalue weighted by Gasteiger charge is -2.31. The first-order chi connectivity index (χ1) is 11.8. The Balaban J connectivity index is -0.000000370. The van der Waals surface area contributed by atoms with Gasteiger partial charge >= 0.3 is 0 Å². The monoisotopic (exact) mass is 362 g/mol. The molecule has 0 aromatic heterocycles. The van der Waals surface area contributed by atoms with Crippen LogP contribution < -0.4 is 0 Å².